The lowest BCUT2D eigenvalue weighted by molar-refractivity contribution is 0.843. The van der Waals surface area contributed by atoms with Crippen LogP contribution in [0.4, 0.5) is 0 Å². The van der Waals surface area contributed by atoms with Gasteiger partial charge in [0.05, 0.1) is 10.7 Å². The van der Waals surface area contributed by atoms with Crippen LogP contribution >= 0.6 is 23.4 Å². The van der Waals surface area contributed by atoms with Gasteiger partial charge in [-0.3, -0.25) is 10.4 Å². The number of hydrogen-bond acceptors (Lipinski definition) is 3. The maximum Gasteiger partial charge on any atom is 0.185 e. The van der Waals surface area contributed by atoms with Gasteiger partial charge in [-0.25, -0.2) is 0 Å². The van der Waals surface area contributed by atoms with Gasteiger partial charge in [0.15, 0.2) is 5.96 Å². The predicted molar refractivity (Wildman–Crippen MR) is 69.9 cm³/mol. The van der Waals surface area contributed by atoms with E-state index in [1.807, 2.05) is 12.1 Å². The molecule has 1 aromatic heterocycles. The van der Waals surface area contributed by atoms with Crippen molar-refractivity contribution < 1.29 is 0 Å². The van der Waals surface area contributed by atoms with E-state index >= 15 is 0 Å². The zero-order chi connectivity index (χ0) is 12.0. The zero-order valence-electron chi connectivity index (χ0n) is 9.03. The molecule has 1 aromatic rings. The first-order valence-corrected chi connectivity index (χ1v) is 6.31. The molecule has 1 rings (SSSR count). The predicted octanol–water partition coefficient (Wildman–Crippen LogP) is 1.84. The third-order valence-corrected chi connectivity index (χ3v) is 3.44. The highest BCUT2D eigenvalue weighted by Gasteiger charge is 2.06. The largest absolute Gasteiger partial charge is 0.370 e. The van der Waals surface area contributed by atoms with Crippen LogP contribution in [0.3, 0.4) is 0 Å². The Morgan fingerprint density at radius 2 is 2.50 bits per heavy atom. The minimum atomic E-state index is 0.00307. The number of pyridine rings is 1. The monoisotopic (exact) mass is 258 g/mol. The molecule has 1 atom stereocenters. The normalized spacial score (nSPS) is 12.1. The van der Waals surface area contributed by atoms with Crippen molar-refractivity contribution in [1.29, 1.82) is 5.41 Å². The fourth-order valence-corrected chi connectivity index (χ4v) is 2.20. The molecule has 4 nitrogen and oxygen atoms in total. The minimum absolute atomic E-state index is 0.00307. The maximum absolute atomic E-state index is 7.04. The summed E-state index contributed by atoms with van der Waals surface area (Å²) in [6, 6.07) is 3.65. The van der Waals surface area contributed by atoms with E-state index in [1.165, 1.54) is 0 Å². The Balaban J connectivity index is 2.34. The lowest BCUT2D eigenvalue weighted by Crippen LogP contribution is -2.34. The standard InChI is InChI=1S/C10H15ClN4S/c1-7(5-15-10(12)13)16-6-9-8(11)3-2-4-14-9/h2-4,7H,5-6H2,1H3,(H4,12,13,15). The first-order chi connectivity index (χ1) is 7.59. The van der Waals surface area contributed by atoms with E-state index in [1.54, 1.807) is 18.0 Å². The highest BCUT2D eigenvalue weighted by molar-refractivity contribution is 7.99. The summed E-state index contributed by atoms with van der Waals surface area (Å²) in [7, 11) is 0. The minimum Gasteiger partial charge on any atom is -0.370 e. The SMILES string of the molecule is CC(CNC(=N)N)SCc1ncccc1Cl. The molecule has 0 spiro atoms. The van der Waals surface area contributed by atoms with Crippen LogP contribution in [0.25, 0.3) is 0 Å². The Bertz CT molecular complexity index is 358. The molecule has 0 saturated heterocycles. The third-order valence-electron chi connectivity index (χ3n) is 1.92. The number of rotatable bonds is 5. The molecule has 6 heteroatoms. The summed E-state index contributed by atoms with van der Waals surface area (Å²) in [4.78, 5) is 4.21. The number of aromatic nitrogens is 1. The van der Waals surface area contributed by atoms with E-state index in [0.29, 0.717) is 16.8 Å². The Kier molecular flexibility index (Phi) is 5.42. The number of thioether (sulfide) groups is 1. The smallest absolute Gasteiger partial charge is 0.185 e. The quantitative estimate of drug-likeness (QED) is 0.557. The van der Waals surface area contributed by atoms with Gasteiger partial charge in [0, 0.05) is 23.7 Å². The molecule has 0 aliphatic carbocycles. The van der Waals surface area contributed by atoms with Crippen LogP contribution in [0.15, 0.2) is 18.3 Å². The van der Waals surface area contributed by atoms with Gasteiger partial charge >= 0.3 is 0 Å². The molecule has 88 valence electrons. The van der Waals surface area contributed by atoms with Crippen molar-refractivity contribution >= 4 is 29.3 Å². The van der Waals surface area contributed by atoms with Crippen molar-refractivity contribution in [2.45, 2.75) is 17.9 Å². The molecule has 0 aliphatic rings. The third kappa shape index (κ3) is 4.72. The topological polar surface area (TPSA) is 74.8 Å². The van der Waals surface area contributed by atoms with Crippen LogP contribution in [0.2, 0.25) is 5.02 Å². The van der Waals surface area contributed by atoms with Gasteiger partial charge < -0.3 is 11.1 Å². The molecule has 16 heavy (non-hydrogen) atoms. The van der Waals surface area contributed by atoms with Crippen LogP contribution in [0.5, 0.6) is 0 Å². The summed E-state index contributed by atoms with van der Waals surface area (Å²) >= 11 is 7.71. The molecule has 1 unspecified atom stereocenters. The lowest BCUT2D eigenvalue weighted by atomic mass is 10.4. The van der Waals surface area contributed by atoms with Crippen molar-refractivity contribution in [2.75, 3.05) is 6.54 Å². The molecule has 0 amide bonds. The molecular weight excluding hydrogens is 244 g/mol. The summed E-state index contributed by atoms with van der Waals surface area (Å²) in [5.74, 6) is 0.767. The van der Waals surface area contributed by atoms with Crippen LogP contribution in [0.1, 0.15) is 12.6 Å². The Labute approximate surface area is 104 Å². The van der Waals surface area contributed by atoms with E-state index in [4.69, 9.17) is 22.7 Å². The van der Waals surface area contributed by atoms with Crippen LogP contribution < -0.4 is 11.1 Å². The zero-order valence-corrected chi connectivity index (χ0v) is 10.6. The van der Waals surface area contributed by atoms with E-state index in [9.17, 15) is 0 Å². The molecule has 0 bridgehead atoms. The highest BCUT2D eigenvalue weighted by Crippen LogP contribution is 2.21. The second-order valence-corrected chi connectivity index (χ2v) is 5.18. The average molecular weight is 259 g/mol. The molecular formula is C10H15ClN4S. The summed E-state index contributed by atoms with van der Waals surface area (Å²) in [6.07, 6.45) is 1.74. The fraction of sp³-hybridized carbons (Fsp3) is 0.400. The van der Waals surface area contributed by atoms with Crippen LogP contribution in [0, 0.1) is 5.41 Å². The van der Waals surface area contributed by atoms with Crippen molar-refractivity contribution in [3.63, 3.8) is 0 Å². The molecule has 1 heterocycles. The van der Waals surface area contributed by atoms with Crippen molar-refractivity contribution in [3.8, 4) is 0 Å². The number of guanidine groups is 1. The fourth-order valence-electron chi connectivity index (χ4n) is 1.06. The van der Waals surface area contributed by atoms with Gasteiger partial charge in [-0.2, -0.15) is 11.8 Å². The summed E-state index contributed by atoms with van der Waals surface area (Å²) < 4.78 is 0. The summed E-state index contributed by atoms with van der Waals surface area (Å²) in [5, 5.41) is 10.9. The van der Waals surface area contributed by atoms with Gasteiger partial charge in [0.1, 0.15) is 0 Å². The lowest BCUT2D eigenvalue weighted by Gasteiger charge is -2.12. The van der Waals surface area contributed by atoms with Gasteiger partial charge in [0.25, 0.3) is 0 Å². The Morgan fingerprint density at radius 3 is 3.12 bits per heavy atom. The second kappa shape index (κ2) is 6.60. The van der Waals surface area contributed by atoms with Gasteiger partial charge in [0.2, 0.25) is 0 Å². The number of nitrogens with zero attached hydrogens (tertiary/aromatic N) is 1. The molecule has 0 aliphatic heterocycles. The molecule has 0 radical (unpaired) electrons. The van der Waals surface area contributed by atoms with Gasteiger partial charge in [-0.05, 0) is 12.1 Å². The van der Waals surface area contributed by atoms with Crippen molar-refractivity contribution in [1.82, 2.24) is 10.3 Å². The van der Waals surface area contributed by atoms with Crippen molar-refractivity contribution in [2.24, 2.45) is 5.73 Å². The summed E-state index contributed by atoms with van der Waals surface area (Å²) in [6.45, 7) is 2.74. The first kappa shape index (κ1) is 13.1. The Morgan fingerprint density at radius 1 is 1.75 bits per heavy atom. The van der Waals surface area contributed by atoms with E-state index in [0.717, 1.165) is 11.4 Å². The number of hydrogen-bond donors (Lipinski definition) is 3. The first-order valence-electron chi connectivity index (χ1n) is 4.88. The van der Waals surface area contributed by atoms with E-state index in [-0.39, 0.29) is 5.96 Å². The number of nitrogens with one attached hydrogen (secondary N) is 2. The molecule has 0 fully saturated rings. The number of nitrogens with two attached hydrogens (primary N) is 1. The maximum atomic E-state index is 7.04. The Hall–Kier alpha value is -0.940. The molecule has 0 saturated carbocycles. The second-order valence-electron chi connectivity index (χ2n) is 3.35. The number of halogens is 1. The average Bonchev–Trinajstić information content (AvgIpc) is 2.25. The van der Waals surface area contributed by atoms with Crippen LogP contribution in [-0.4, -0.2) is 22.7 Å². The van der Waals surface area contributed by atoms with E-state index < -0.39 is 0 Å². The molecule has 0 aromatic carbocycles. The van der Waals surface area contributed by atoms with Gasteiger partial charge in [-0.15, -0.1) is 0 Å². The van der Waals surface area contributed by atoms with Crippen LogP contribution in [-0.2, 0) is 5.75 Å². The van der Waals surface area contributed by atoms with E-state index in [2.05, 4.69) is 17.2 Å². The van der Waals surface area contributed by atoms with Gasteiger partial charge in [-0.1, -0.05) is 18.5 Å². The highest BCUT2D eigenvalue weighted by atomic mass is 35.5. The molecule has 4 N–H and O–H groups in total. The summed E-state index contributed by atoms with van der Waals surface area (Å²) in [5.41, 5.74) is 6.09. The van der Waals surface area contributed by atoms with Crippen molar-refractivity contribution in [3.05, 3.63) is 29.0 Å².